The van der Waals surface area contributed by atoms with Crippen molar-refractivity contribution in [1.29, 1.82) is 0 Å². The molecule has 0 aromatic heterocycles. The highest BCUT2D eigenvalue weighted by atomic mass is 16.6. The van der Waals surface area contributed by atoms with E-state index in [4.69, 9.17) is 14.2 Å². The molecule has 1 N–H and O–H groups in total. The molecule has 1 aliphatic rings. The zero-order chi connectivity index (χ0) is 19.6. The first kappa shape index (κ1) is 19.1. The molecule has 5 heteroatoms. The molecule has 144 valence electrons. The third-order valence-electron chi connectivity index (χ3n) is 4.86. The Morgan fingerprint density at radius 3 is 2.44 bits per heavy atom. The van der Waals surface area contributed by atoms with Crippen LogP contribution in [0.4, 0.5) is 0 Å². The molecule has 1 atom stereocenters. The van der Waals surface area contributed by atoms with Gasteiger partial charge in [-0.2, -0.15) is 0 Å². The fourth-order valence-corrected chi connectivity index (χ4v) is 3.26. The van der Waals surface area contributed by atoms with Crippen molar-refractivity contribution in [2.24, 2.45) is 0 Å². The lowest BCUT2D eigenvalue weighted by atomic mass is 9.95. The van der Waals surface area contributed by atoms with Crippen LogP contribution in [0.25, 0.3) is 0 Å². The normalized spacial score (nSPS) is 14.0. The maximum Gasteiger partial charge on any atom is 0.252 e. The number of carbonyl (C=O) groups is 1. The third-order valence-corrected chi connectivity index (χ3v) is 4.86. The second-order valence-electron chi connectivity index (χ2n) is 7.16. The molecule has 0 aliphatic carbocycles. The van der Waals surface area contributed by atoms with Crippen LogP contribution in [0.5, 0.6) is 17.2 Å². The summed E-state index contributed by atoms with van der Waals surface area (Å²) in [6, 6.07) is 9.49. The van der Waals surface area contributed by atoms with Gasteiger partial charge in [0.15, 0.2) is 11.5 Å². The van der Waals surface area contributed by atoms with Crippen LogP contribution in [0.15, 0.2) is 30.3 Å². The number of hydrogen-bond acceptors (Lipinski definition) is 4. The minimum Gasteiger partial charge on any atom is -0.496 e. The zero-order valence-corrected chi connectivity index (χ0v) is 16.6. The van der Waals surface area contributed by atoms with Crippen molar-refractivity contribution in [1.82, 2.24) is 5.32 Å². The molecule has 0 saturated heterocycles. The van der Waals surface area contributed by atoms with Gasteiger partial charge in [0.25, 0.3) is 5.91 Å². The molecule has 0 saturated carbocycles. The Morgan fingerprint density at radius 2 is 1.78 bits per heavy atom. The first-order valence-corrected chi connectivity index (χ1v) is 9.29. The standard InChI is InChI=1S/C22H27NO4/c1-13(2)17-12-18(14(3)10-20(17)25-5)22(24)23-15(4)16-6-7-19-21(11-16)27-9-8-26-19/h6-7,10-13,15H,8-9H2,1-5H3,(H,23,24)/t15-/m0/s1. The number of rotatable bonds is 5. The van der Waals surface area contributed by atoms with E-state index in [1.807, 2.05) is 44.2 Å². The highest BCUT2D eigenvalue weighted by molar-refractivity contribution is 5.96. The monoisotopic (exact) mass is 369 g/mol. The number of nitrogens with one attached hydrogen (secondary N) is 1. The van der Waals surface area contributed by atoms with Gasteiger partial charge in [0.1, 0.15) is 19.0 Å². The number of benzene rings is 2. The molecule has 1 heterocycles. The lowest BCUT2D eigenvalue weighted by Crippen LogP contribution is -2.27. The fourth-order valence-electron chi connectivity index (χ4n) is 3.26. The van der Waals surface area contributed by atoms with Crippen molar-refractivity contribution < 1.29 is 19.0 Å². The Kier molecular flexibility index (Phi) is 5.59. The highest BCUT2D eigenvalue weighted by Gasteiger charge is 2.19. The maximum absolute atomic E-state index is 12.9. The van der Waals surface area contributed by atoms with E-state index in [0.717, 1.165) is 33.9 Å². The van der Waals surface area contributed by atoms with E-state index in [-0.39, 0.29) is 17.9 Å². The number of ether oxygens (including phenoxy) is 3. The molecule has 2 aromatic carbocycles. The third kappa shape index (κ3) is 4.02. The number of carbonyl (C=O) groups excluding carboxylic acids is 1. The molecule has 2 aromatic rings. The first-order valence-electron chi connectivity index (χ1n) is 9.29. The van der Waals surface area contributed by atoms with E-state index in [9.17, 15) is 4.79 Å². The largest absolute Gasteiger partial charge is 0.496 e. The van der Waals surface area contributed by atoms with Crippen molar-refractivity contribution in [2.45, 2.75) is 39.7 Å². The van der Waals surface area contributed by atoms with Gasteiger partial charge < -0.3 is 19.5 Å². The lowest BCUT2D eigenvalue weighted by molar-refractivity contribution is 0.0939. The highest BCUT2D eigenvalue weighted by Crippen LogP contribution is 2.33. The number of hydrogen-bond donors (Lipinski definition) is 1. The summed E-state index contributed by atoms with van der Waals surface area (Å²) in [5.74, 6) is 2.46. The predicted molar refractivity (Wildman–Crippen MR) is 105 cm³/mol. The molecule has 0 spiro atoms. The number of amides is 1. The first-order chi connectivity index (χ1) is 12.9. The zero-order valence-electron chi connectivity index (χ0n) is 16.6. The van der Waals surface area contributed by atoms with Gasteiger partial charge in [-0.15, -0.1) is 0 Å². The maximum atomic E-state index is 12.9. The molecule has 5 nitrogen and oxygen atoms in total. The Bertz CT molecular complexity index is 844. The molecule has 1 amide bonds. The van der Waals surface area contributed by atoms with Gasteiger partial charge >= 0.3 is 0 Å². The van der Waals surface area contributed by atoms with E-state index in [1.54, 1.807) is 7.11 Å². The van der Waals surface area contributed by atoms with Gasteiger partial charge in [0.05, 0.1) is 13.2 Å². The van der Waals surface area contributed by atoms with Crippen LogP contribution >= 0.6 is 0 Å². The molecule has 0 fully saturated rings. The molecule has 27 heavy (non-hydrogen) atoms. The summed E-state index contributed by atoms with van der Waals surface area (Å²) in [6.07, 6.45) is 0. The van der Waals surface area contributed by atoms with E-state index in [1.165, 1.54) is 0 Å². The van der Waals surface area contributed by atoms with Gasteiger partial charge in [0.2, 0.25) is 0 Å². The van der Waals surface area contributed by atoms with Gasteiger partial charge in [-0.3, -0.25) is 4.79 Å². The van der Waals surface area contributed by atoms with E-state index >= 15 is 0 Å². The van der Waals surface area contributed by atoms with Crippen molar-refractivity contribution >= 4 is 5.91 Å². The van der Waals surface area contributed by atoms with Crippen molar-refractivity contribution in [3.63, 3.8) is 0 Å². The van der Waals surface area contributed by atoms with Crippen LogP contribution < -0.4 is 19.5 Å². The smallest absolute Gasteiger partial charge is 0.252 e. The van der Waals surface area contributed by atoms with Crippen molar-refractivity contribution in [3.8, 4) is 17.2 Å². The van der Waals surface area contributed by atoms with E-state index in [0.29, 0.717) is 18.8 Å². The summed E-state index contributed by atoms with van der Waals surface area (Å²) in [5.41, 5.74) is 3.56. The summed E-state index contributed by atoms with van der Waals surface area (Å²) in [6.45, 7) is 9.18. The molecule has 0 unspecified atom stereocenters. The minimum atomic E-state index is -0.155. The Balaban J connectivity index is 1.81. The Morgan fingerprint density at radius 1 is 1.07 bits per heavy atom. The lowest BCUT2D eigenvalue weighted by Gasteiger charge is -2.22. The summed E-state index contributed by atoms with van der Waals surface area (Å²) in [5, 5.41) is 3.09. The Labute approximate surface area is 160 Å². The predicted octanol–water partition coefficient (Wildman–Crippen LogP) is 4.39. The second kappa shape index (κ2) is 7.91. The van der Waals surface area contributed by atoms with Crippen LogP contribution in [0.3, 0.4) is 0 Å². The van der Waals surface area contributed by atoms with Gasteiger partial charge in [-0.25, -0.2) is 0 Å². The summed E-state index contributed by atoms with van der Waals surface area (Å²) >= 11 is 0. The average molecular weight is 369 g/mol. The van der Waals surface area contributed by atoms with Crippen molar-refractivity contribution in [3.05, 3.63) is 52.6 Å². The van der Waals surface area contributed by atoms with Crippen LogP contribution in [-0.2, 0) is 0 Å². The molecule has 1 aliphatic heterocycles. The SMILES string of the molecule is COc1cc(C)c(C(=O)N[C@@H](C)c2ccc3c(c2)OCCO3)cc1C(C)C. The van der Waals surface area contributed by atoms with Gasteiger partial charge in [0, 0.05) is 5.56 Å². The number of fused-ring (bicyclic) bond motifs is 1. The summed E-state index contributed by atoms with van der Waals surface area (Å²) in [7, 11) is 1.66. The quantitative estimate of drug-likeness (QED) is 0.849. The molecule has 0 radical (unpaired) electrons. The number of aryl methyl sites for hydroxylation is 1. The topological polar surface area (TPSA) is 56.8 Å². The number of methoxy groups -OCH3 is 1. The van der Waals surface area contributed by atoms with Crippen LogP contribution in [0, 0.1) is 6.92 Å². The minimum absolute atomic E-state index is 0.0977. The fraction of sp³-hybridized carbons (Fsp3) is 0.409. The summed E-state index contributed by atoms with van der Waals surface area (Å²) in [4.78, 5) is 12.9. The van der Waals surface area contributed by atoms with Crippen molar-refractivity contribution in [2.75, 3.05) is 20.3 Å². The van der Waals surface area contributed by atoms with E-state index < -0.39 is 0 Å². The van der Waals surface area contributed by atoms with Gasteiger partial charge in [-0.1, -0.05) is 19.9 Å². The van der Waals surface area contributed by atoms with E-state index in [2.05, 4.69) is 19.2 Å². The van der Waals surface area contributed by atoms with Crippen LogP contribution in [0.1, 0.15) is 59.8 Å². The Hall–Kier alpha value is -2.69. The van der Waals surface area contributed by atoms with Crippen LogP contribution in [-0.4, -0.2) is 26.2 Å². The molecular formula is C22H27NO4. The second-order valence-corrected chi connectivity index (χ2v) is 7.16. The molecule has 0 bridgehead atoms. The average Bonchev–Trinajstić information content (AvgIpc) is 2.66. The summed E-state index contributed by atoms with van der Waals surface area (Å²) < 4.78 is 16.7. The molecular weight excluding hydrogens is 342 g/mol. The van der Waals surface area contributed by atoms with Crippen LogP contribution in [0.2, 0.25) is 0 Å². The van der Waals surface area contributed by atoms with Gasteiger partial charge in [-0.05, 0) is 60.7 Å². The molecule has 3 rings (SSSR count).